The lowest BCUT2D eigenvalue weighted by Gasteiger charge is -2.25. The Morgan fingerprint density at radius 2 is 2.40 bits per heavy atom. The van der Waals surface area contributed by atoms with Gasteiger partial charge >= 0.3 is 0 Å². The molecular weight excluding hydrogens is 307 g/mol. The molecule has 0 radical (unpaired) electrons. The van der Waals surface area contributed by atoms with Crippen LogP contribution >= 0.6 is 22.6 Å². The fraction of sp³-hybridized carbons (Fsp3) is 0.800. The topological polar surface area (TPSA) is 63.4 Å². The first-order chi connectivity index (χ1) is 7.10. The molecule has 1 heterocycles. The van der Waals surface area contributed by atoms with Crippen LogP contribution in [0.5, 0.6) is 0 Å². The molecule has 1 aliphatic rings. The van der Waals surface area contributed by atoms with E-state index in [2.05, 4.69) is 22.6 Å². The Balaban J connectivity index is 2.68. The Morgan fingerprint density at radius 3 is 2.80 bits per heavy atom. The van der Waals surface area contributed by atoms with Gasteiger partial charge in [-0.15, -0.1) is 0 Å². The third-order valence-corrected chi connectivity index (χ3v) is 3.97. The molecule has 1 saturated heterocycles. The molecule has 0 aromatic rings. The summed E-state index contributed by atoms with van der Waals surface area (Å²) in [5, 5.41) is 0. The average molecular weight is 324 g/mol. The summed E-state index contributed by atoms with van der Waals surface area (Å²) < 4.78 is 0.956. The van der Waals surface area contributed by atoms with Crippen molar-refractivity contribution < 1.29 is 9.59 Å². The van der Waals surface area contributed by atoms with E-state index in [1.807, 2.05) is 6.92 Å². The zero-order chi connectivity index (χ0) is 11.4. The number of primary amides is 1. The first-order valence-electron chi connectivity index (χ1n) is 5.24. The van der Waals surface area contributed by atoms with Crippen molar-refractivity contribution in [2.24, 2.45) is 11.7 Å². The zero-order valence-electron chi connectivity index (χ0n) is 8.91. The molecule has 4 nitrogen and oxygen atoms in total. The van der Waals surface area contributed by atoms with E-state index >= 15 is 0 Å². The van der Waals surface area contributed by atoms with Crippen LogP contribution in [0.15, 0.2) is 0 Å². The van der Waals surface area contributed by atoms with Gasteiger partial charge in [0.2, 0.25) is 11.8 Å². The SMILES string of the molecule is CCC[C@@H](C(N)=O)N1C[C@H](CI)CC1=O. The summed E-state index contributed by atoms with van der Waals surface area (Å²) in [5.74, 6) is 0.0880. The molecule has 5 heteroatoms. The first kappa shape index (κ1) is 12.7. The van der Waals surface area contributed by atoms with Crippen LogP contribution in [-0.4, -0.2) is 33.7 Å². The maximum absolute atomic E-state index is 11.7. The van der Waals surface area contributed by atoms with Crippen molar-refractivity contribution in [2.45, 2.75) is 32.2 Å². The minimum Gasteiger partial charge on any atom is -0.368 e. The highest BCUT2D eigenvalue weighted by molar-refractivity contribution is 14.1. The fourth-order valence-electron chi connectivity index (χ4n) is 1.94. The minimum absolute atomic E-state index is 0.0777. The molecule has 15 heavy (non-hydrogen) atoms. The Labute approximate surface area is 104 Å². The maximum atomic E-state index is 11.7. The number of carbonyl (C=O) groups excluding carboxylic acids is 2. The van der Waals surface area contributed by atoms with E-state index in [0.29, 0.717) is 25.3 Å². The van der Waals surface area contributed by atoms with Crippen LogP contribution in [0.2, 0.25) is 0 Å². The Morgan fingerprint density at radius 1 is 1.73 bits per heavy atom. The van der Waals surface area contributed by atoms with E-state index in [-0.39, 0.29) is 11.8 Å². The average Bonchev–Trinajstić information content (AvgIpc) is 2.55. The van der Waals surface area contributed by atoms with Crippen molar-refractivity contribution in [1.82, 2.24) is 4.90 Å². The molecule has 1 rings (SSSR count). The molecular formula is C10H17IN2O2. The van der Waals surface area contributed by atoms with Crippen LogP contribution in [0.4, 0.5) is 0 Å². The van der Waals surface area contributed by atoms with Gasteiger partial charge in [0, 0.05) is 17.4 Å². The molecule has 2 atom stereocenters. The van der Waals surface area contributed by atoms with Gasteiger partial charge in [0.05, 0.1) is 0 Å². The molecule has 0 saturated carbocycles. The monoisotopic (exact) mass is 324 g/mol. The Kier molecular flexibility index (Phi) is 4.82. The summed E-state index contributed by atoms with van der Waals surface area (Å²) in [7, 11) is 0. The molecule has 1 fully saturated rings. The van der Waals surface area contributed by atoms with Gasteiger partial charge in [-0.3, -0.25) is 9.59 Å². The van der Waals surface area contributed by atoms with Gasteiger partial charge in [0.15, 0.2) is 0 Å². The molecule has 0 aromatic heterocycles. The fourth-order valence-corrected chi connectivity index (χ4v) is 2.53. The molecule has 0 aromatic carbocycles. The van der Waals surface area contributed by atoms with E-state index in [4.69, 9.17) is 5.73 Å². The molecule has 0 spiro atoms. The van der Waals surface area contributed by atoms with Crippen molar-refractivity contribution in [3.8, 4) is 0 Å². The normalized spacial score (nSPS) is 23.2. The van der Waals surface area contributed by atoms with Gasteiger partial charge in [-0.25, -0.2) is 0 Å². The highest BCUT2D eigenvalue weighted by Crippen LogP contribution is 2.23. The second-order valence-electron chi connectivity index (χ2n) is 3.98. The van der Waals surface area contributed by atoms with E-state index in [1.165, 1.54) is 0 Å². The summed E-state index contributed by atoms with van der Waals surface area (Å²) >= 11 is 2.28. The number of hydrogen-bond acceptors (Lipinski definition) is 2. The van der Waals surface area contributed by atoms with Gasteiger partial charge in [-0.2, -0.15) is 0 Å². The molecule has 0 unspecified atom stereocenters. The number of rotatable bonds is 5. The van der Waals surface area contributed by atoms with Crippen molar-refractivity contribution in [2.75, 3.05) is 11.0 Å². The van der Waals surface area contributed by atoms with Crippen molar-refractivity contribution >= 4 is 34.4 Å². The summed E-state index contributed by atoms with van der Waals surface area (Å²) in [4.78, 5) is 24.6. The first-order valence-corrected chi connectivity index (χ1v) is 6.77. The molecule has 0 bridgehead atoms. The van der Waals surface area contributed by atoms with E-state index in [0.717, 1.165) is 10.8 Å². The van der Waals surface area contributed by atoms with Gasteiger partial charge in [0.1, 0.15) is 6.04 Å². The lowest BCUT2D eigenvalue weighted by atomic mass is 10.1. The summed E-state index contributed by atoms with van der Waals surface area (Å²) in [6.45, 7) is 2.68. The standard InChI is InChI=1S/C10H17IN2O2/c1-2-3-8(10(12)15)13-6-7(5-11)4-9(13)14/h7-8H,2-6H2,1H3,(H2,12,15)/t7-,8-/m0/s1. The van der Waals surface area contributed by atoms with Crippen LogP contribution < -0.4 is 5.73 Å². The van der Waals surface area contributed by atoms with E-state index in [9.17, 15) is 9.59 Å². The van der Waals surface area contributed by atoms with Crippen LogP contribution in [0.25, 0.3) is 0 Å². The lowest BCUT2D eigenvalue weighted by molar-refractivity contribution is -0.136. The predicted molar refractivity (Wildman–Crippen MR) is 66.6 cm³/mol. The molecule has 2 amide bonds. The van der Waals surface area contributed by atoms with Gasteiger partial charge in [-0.1, -0.05) is 35.9 Å². The van der Waals surface area contributed by atoms with Crippen molar-refractivity contribution in [1.29, 1.82) is 0 Å². The third-order valence-electron chi connectivity index (χ3n) is 2.72. The lowest BCUT2D eigenvalue weighted by Crippen LogP contribution is -2.45. The second kappa shape index (κ2) is 5.67. The summed E-state index contributed by atoms with van der Waals surface area (Å²) in [6, 6.07) is -0.393. The van der Waals surface area contributed by atoms with Crippen molar-refractivity contribution in [3.63, 3.8) is 0 Å². The number of likely N-dealkylation sites (tertiary alicyclic amines) is 1. The van der Waals surface area contributed by atoms with Gasteiger partial charge in [0.25, 0.3) is 0 Å². The molecule has 86 valence electrons. The number of carbonyl (C=O) groups is 2. The maximum Gasteiger partial charge on any atom is 0.240 e. The number of halogens is 1. The second-order valence-corrected chi connectivity index (χ2v) is 4.86. The quantitative estimate of drug-likeness (QED) is 0.604. The Hall–Kier alpha value is -0.330. The van der Waals surface area contributed by atoms with Crippen LogP contribution in [0.3, 0.4) is 0 Å². The third kappa shape index (κ3) is 3.06. The van der Waals surface area contributed by atoms with E-state index < -0.39 is 6.04 Å². The molecule has 2 N–H and O–H groups in total. The Bertz CT molecular complexity index is 258. The number of nitrogens with two attached hydrogens (primary N) is 1. The van der Waals surface area contributed by atoms with Crippen LogP contribution in [-0.2, 0) is 9.59 Å². The molecule has 1 aliphatic heterocycles. The summed E-state index contributed by atoms with van der Waals surface area (Å²) in [6.07, 6.45) is 2.11. The smallest absolute Gasteiger partial charge is 0.240 e. The number of nitrogens with zero attached hydrogens (tertiary/aromatic N) is 1. The minimum atomic E-state index is -0.393. The number of amides is 2. The van der Waals surface area contributed by atoms with E-state index in [1.54, 1.807) is 4.90 Å². The largest absolute Gasteiger partial charge is 0.368 e. The highest BCUT2D eigenvalue weighted by Gasteiger charge is 2.35. The van der Waals surface area contributed by atoms with Gasteiger partial charge in [-0.05, 0) is 12.3 Å². The van der Waals surface area contributed by atoms with Crippen LogP contribution in [0.1, 0.15) is 26.2 Å². The van der Waals surface area contributed by atoms with Crippen LogP contribution in [0, 0.1) is 5.92 Å². The number of alkyl halides is 1. The van der Waals surface area contributed by atoms with Gasteiger partial charge < -0.3 is 10.6 Å². The summed E-state index contributed by atoms with van der Waals surface area (Å²) in [5.41, 5.74) is 5.32. The predicted octanol–water partition coefficient (Wildman–Crippen LogP) is 0.924. The molecule has 0 aliphatic carbocycles. The van der Waals surface area contributed by atoms with Crippen molar-refractivity contribution in [3.05, 3.63) is 0 Å². The number of hydrogen-bond donors (Lipinski definition) is 1. The zero-order valence-corrected chi connectivity index (χ0v) is 11.1. The highest BCUT2D eigenvalue weighted by atomic mass is 127.